The second kappa shape index (κ2) is 8.10. The van der Waals surface area contributed by atoms with E-state index in [-0.39, 0.29) is 0 Å². The fourth-order valence-electron chi connectivity index (χ4n) is 2.84. The van der Waals surface area contributed by atoms with Crippen molar-refractivity contribution in [3.05, 3.63) is 90.5 Å². The van der Waals surface area contributed by atoms with Crippen LogP contribution in [0.25, 0.3) is 17.1 Å². The van der Waals surface area contributed by atoms with E-state index in [4.69, 9.17) is 14.8 Å². The van der Waals surface area contributed by atoms with Gasteiger partial charge in [-0.05, 0) is 18.2 Å². The first-order valence-corrected chi connectivity index (χ1v) is 9.66. The van der Waals surface area contributed by atoms with Crippen molar-refractivity contribution >= 4 is 11.8 Å². The Morgan fingerprint density at radius 3 is 2.26 bits per heavy atom. The molecule has 27 heavy (non-hydrogen) atoms. The van der Waals surface area contributed by atoms with E-state index in [0.717, 1.165) is 39.3 Å². The van der Waals surface area contributed by atoms with Crippen molar-refractivity contribution in [1.82, 2.24) is 14.8 Å². The molecule has 5 heteroatoms. The molecule has 0 unspecified atom stereocenters. The SMILES string of the molecule is COc1ccccc1CSc1nc(-c2ccccc2)n(-c2ccccc2)n1. The lowest BCUT2D eigenvalue weighted by molar-refractivity contribution is 0.411. The number of thioether (sulfide) groups is 1. The van der Waals surface area contributed by atoms with Gasteiger partial charge in [0.1, 0.15) is 5.75 Å². The smallest absolute Gasteiger partial charge is 0.209 e. The molecule has 0 aliphatic rings. The normalized spacial score (nSPS) is 10.7. The van der Waals surface area contributed by atoms with Crippen LogP contribution in [0.1, 0.15) is 5.56 Å². The predicted molar refractivity (Wildman–Crippen MR) is 109 cm³/mol. The average Bonchev–Trinajstić information content (AvgIpc) is 3.18. The highest BCUT2D eigenvalue weighted by molar-refractivity contribution is 7.98. The van der Waals surface area contributed by atoms with Crippen LogP contribution in [0, 0.1) is 0 Å². The van der Waals surface area contributed by atoms with Gasteiger partial charge in [0.25, 0.3) is 0 Å². The number of ether oxygens (including phenoxy) is 1. The molecule has 1 aromatic heterocycles. The number of rotatable bonds is 6. The number of nitrogens with zero attached hydrogens (tertiary/aromatic N) is 3. The van der Waals surface area contributed by atoms with Gasteiger partial charge in [-0.2, -0.15) is 0 Å². The number of aromatic nitrogens is 3. The van der Waals surface area contributed by atoms with Crippen LogP contribution in [0.4, 0.5) is 0 Å². The standard InChI is InChI=1S/C22H19N3OS/c1-26-20-15-9-8-12-18(20)16-27-22-23-21(17-10-4-2-5-11-17)25(24-22)19-13-6-3-7-14-19/h2-15H,16H2,1H3. The maximum absolute atomic E-state index is 5.44. The van der Waals surface area contributed by atoms with Gasteiger partial charge in [0.05, 0.1) is 12.8 Å². The zero-order chi connectivity index (χ0) is 18.5. The summed E-state index contributed by atoms with van der Waals surface area (Å²) >= 11 is 1.60. The van der Waals surface area contributed by atoms with Crippen LogP contribution >= 0.6 is 11.8 Å². The quantitative estimate of drug-likeness (QED) is 0.434. The molecule has 0 radical (unpaired) electrons. The van der Waals surface area contributed by atoms with E-state index < -0.39 is 0 Å². The Hall–Kier alpha value is -3.05. The van der Waals surface area contributed by atoms with Gasteiger partial charge in [-0.15, -0.1) is 5.10 Å². The molecular weight excluding hydrogens is 354 g/mol. The molecule has 0 spiro atoms. The highest BCUT2D eigenvalue weighted by Gasteiger charge is 2.14. The minimum Gasteiger partial charge on any atom is -0.496 e. The maximum Gasteiger partial charge on any atom is 0.209 e. The van der Waals surface area contributed by atoms with Gasteiger partial charge < -0.3 is 4.74 Å². The van der Waals surface area contributed by atoms with Crippen molar-refractivity contribution in [3.8, 4) is 22.8 Å². The molecule has 4 rings (SSSR count). The zero-order valence-corrected chi connectivity index (χ0v) is 15.8. The minimum atomic E-state index is 0.739. The van der Waals surface area contributed by atoms with Gasteiger partial charge in [0.15, 0.2) is 5.82 Å². The first kappa shape index (κ1) is 17.4. The first-order chi connectivity index (χ1) is 13.3. The van der Waals surface area contributed by atoms with Crippen molar-refractivity contribution in [2.45, 2.75) is 10.9 Å². The van der Waals surface area contributed by atoms with Gasteiger partial charge in [-0.3, -0.25) is 0 Å². The summed E-state index contributed by atoms with van der Waals surface area (Å²) in [5.74, 6) is 2.47. The molecule has 0 aliphatic heterocycles. The Kier molecular flexibility index (Phi) is 5.21. The van der Waals surface area contributed by atoms with E-state index in [0.29, 0.717) is 0 Å². The highest BCUT2D eigenvalue weighted by Crippen LogP contribution is 2.29. The van der Waals surface area contributed by atoms with Gasteiger partial charge in [0.2, 0.25) is 5.16 Å². The third-order valence-corrected chi connectivity index (χ3v) is 5.06. The zero-order valence-electron chi connectivity index (χ0n) is 14.9. The summed E-state index contributed by atoms with van der Waals surface area (Å²) in [4.78, 5) is 4.80. The van der Waals surface area contributed by atoms with Crippen LogP contribution in [0.3, 0.4) is 0 Å². The van der Waals surface area contributed by atoms with Gasteiger partial charge in [-0.1, -0.05) is 78.5 Å². The average molecular weight is 373 g/mol. The molecule has 0 atom stereocenters. The fraction of sp³-hybridized carbons (Fsp3) is 0.0909. The summed E-state index contributed by atoms with van der Waals surface area (Å²) in [6.45, 7) is 0. The predicted octanol–water partition coefficient (Wildman–Crippen LogP) is 5.24. The first-order valence-electron chi connectivity index (χ1n) is 8.68. The Balaban J connectivity index is 1.67. The number of hydrogen-bond acceptors (Lipinski definition) is 4. The summed E-state index contributed by atoms with van der Waals surface area (Å²) < 4.78 is 7.34. The van der Waals surface area contributed by atoms with Crippen molar-refractivity contribution in [2.75, 3.05) is 7.11 Å². The van der Waals surface area contributed by atoms with Crippen LogP contribution in [-0.2, 0) is 5.75 Å². The highest BCUT2D eigenvalue weighted by atomic mass is 32.2. The molecule has 0 aliphatic carbocycles. The van der Waals surface area contributed by atoms with Crippen LogP contribution < -0.4 is 4.74 Å². The molecule has 0 fully saturated rings. The Bertz CT molecular complexity index is 959. The molecule has 134 valence electrons. The molecule has 1 heterocycles. The van der Waals surface area contributed by atoms with Crippen molar-refractivity contribution in [3.63, 3.8) is 0 Å². The maximum atomic E-state index is 5.44. The van der Waals surface area contributed by atoms with E-state index in [2.05, 4.69) is 18.2 Å². The molecular formula is C22H19N3OS. The third kappa shape index (κ3) is 3.88. The third-order valence-electron chi connectivity index (χ3n) is 4.17. The summed E-state index contributed by atoms with van der Waals surface area (Å²) in [6, 6.07) is 28.3. The van der Waals surface area contributed by atoms with Crippen LogP contribution in [-0.4, -0.2) is 21.9 Å². The van der Waals surface area contributed by atoms with E-state index >= 15 is 0 Å². The van der Waals surface area contributed by atoms with Crippen molar-refractivity contribution in [1.29, 1.82) is 0 Å². The number of para-hydroxylation sites is 2. The van der Waals surface area contributed by atoms with Crippen LogP contribution in [0.5, 0.6) is 5.75 Å². The summed E-state index contributed by atoms with van der Waals surface area (Å²) in [5, 5.41) is 5.49. The second-order valence-corrected chi connectivity index (χ2v) is 6.87. The molecule has 0 amide bonds. The number of benzene rings is 3. The van der Waals surface area contributed by atoms with Gasteiger partial charge >= 0.3 is 0 Å². The van der Waals surface area contributed by atoms with Crippen molar-refractivity contribution < 1.29 is 4.74 Å². The topological polar surface area (TPSA) is 39.9 Å². The van der Waals surface area contributed by atoms with E-state index in [1.54, 1.807) is 18.9 Å². The fourth-order valence-corrected chi connectivity index (χ4v) is 3.66. The van der Waals surface area contributed by atoms with Crippen molar-refractivity contribution in [2.24, 2.45) is 0 Å². The Morgan fingerprint density at radius 2 is 1.52 bits per heavy atom. The van der Waals surface area contributed by atoms with E-state index in [1.165, 1.54) is 0 Å². The minimum absolute atomic E-state index is 0.739. The van der Waals surface area contributed by atoms with E-state index in [9.17, 15) is 0 Å². The summed E-state index contributed by atoms with van der Waals surface area (Å²) in [6.07, 6.45) is 0. The van der Waals surface area contributed by atoms with Crippen LogP contribution in [0.2, 0.25) is 0 Å². The lowest BCUT2D eigenvalue weighted by Crippen LogP contribution is -1.99. The molecule has 4 nitrogen and oxygen atoms in total. The second-order valence-electron chi connectivity index (χ2n) is 5.93. The summed E-state index contributed by atoms with van der Waals surface area (Å²) in [7, 11) is 1.69. The molecule has 3 aromatic carbocycles. The number of methoxy groups -OCH3 is 1. The van der Waals surface area contributed by atoms with Gasteiger partial charge in [0, 0.05) is 16.9 Å². The molecule has 0 saturated carbocycles. The largest absolute Gasteiger partial charge is 0.496 e. The molecule has 4 aromatic rings. The Morgan fingerprint density at radius 1 is 0.852 bits per heavy atom. The summed E-state index contributed by atoms with van der Waals surface area (Å²) in [5.41, 5.74) is 3.16. The monoisotopic (exact) mass is 373 g/mol. The lowest BCUT2D eigenvalue weighted by Gasteiger charge is -2.06. The number of hydrogen-bond donors (Lipinski definition) is 0. The van der Waals surface area contributed by atoms with Gasteiger partial charge in [-0.25, -0.2) is 9.67 Å². The Labute approximate surface area is 162 Å². The lowest BCUT2D eigenvalue weighted by atomic mass is 10.2. The van der Waals surface area contributed by atoms with Crippen LogP contribution in [0.15, 0.2) is 90.1 Å². The molecule has 0 saturated heterocycles. The van der Waals surface area contributed by atoms with E-state index in [1.807, 2.05) is 71.4 Å². The molecule has 0 N–H and O–H groups in total. The molecule has 0 bridgehead atoms.